The van der Waals surface area contributed by atoms with Gasteiger partial charge < -0.3 is 26.6 Å². The van der Waals surface area contributed by atoms with Crippen LogP contribution < -0.4 is 0 Å². The number of thiol groups is 2. The van der Waals surface area contributed by atoms with Gasteiger partial charge in [-0.25, -0.2) is 0 Å². The fourth-order valence-corrected chi connectivity index (χ4v) is 7.39. The lowest BCUT2D eigenvalue weighted by Gasteiger charge is -2.28. The standard InChI is InChI=1S/C9H22O3SSi.C6H16O3SSi/c1-4-10-14(11-5-2,12-6-3)9-7-8-13;1-7-11(8-2,9-3)6-4-5-10/h13H,4-9H2,1-3H3;10H,4-6H2,1-3H3. The third-order valence-electron chi connectivity index (χ3n) is 3.31. The predicted octanol–water partition coefficient (Wildman–Crippen LogP) is 3.54. The number of hydrogen-bond acceptors (Lipinski definition) is 8. The lowest BCUT2D eigenvalue weighted by Crippen LogP contribution is -2.46. The van der Waals surface area contributed by atoms with Gasteiger partial charge in [-0.2, -0.15) is 25.3 Å². The summed E-state index contributed by atoms with van der Waals surface area (Å²) in [6, 6.07) is 1.70. The molecule has 0 aliphatic carbocycles. The van der Waals surface area contributed by atoms with Crippen molar-refractivity contribution in [2.75, 3.05) is 52.7 Å². The zero-order chi connectivity index (χ0) is 19.6. The summed E-state index contributed by atoms with van der Waals surface area (Å²) in [4.78, 5) is 0. The highest BCUT2D eigenvalue weighted by atomic mass is 32.1. The highest BCUT2D eigenvalue weighted by molar-refractivity contribution is 7.80. The quantitative estimate of drug-likeness (QED) is 0.304. The van der Waals surface area contributed by atoms with E-state index in [1.54, 1.807) is 21.3 Å². The van der Waals surface area contributed by atoms with Crippen molar-refractivity contribution in [3.63, 3.8) is 0 Å². The number of hydrogen-bond donors (Lipinski definition) is 2. The van der Waals surface area contributed by atoms with E-state index >= 15 is 0 Å². The second kappa shape index (κ2) is 18.3. The van der Waals surface area contributed by atoms with Crippen molar-refractivity contribution in [2.24, 2.45) is 0 Å². The van der Waals surface area contributed by atoms with E-state index in [4.69, 9.17) is 26.6 Å². The molecule has 0 aromatic carbocycles. The van der Waals surface area contributed by atoms with Crippen molar-refractivity contribution in [3.05, 3.63) is 0 Å². The van der Waals surface area contributed by atoms with Crippen molar-refractivity contribution in [3.8, 4) is 0 Å². The van der Waals surface area contributed by atoms with Gasteiger partial charge in [0.2, 0.25) is 0 Å². The molecule has 0 saturated carbocycles. The highest BCUT2D eigenvalue weighted by Crippen LogP contribution is 2.18. The Hall–Kier alpha value is 0.894. The van der Waals surface area contributed by atoms with Crippen molar-refractivity contribution in [1.29, 1.82) is 0 Å². The average Bonchev–Trinajstić information content (AvgIpc) is 2.63. The Labute approximate surface area is 167 Å². The maximum absolute atomic E-state index is 5.67. The molecule has 6 nitrogen and oxygen atoms in total. The summed E-state index contributed by atoms with van der Waals surface area (Å²) < 4.78 is 32.6. The molecule has 0 aliphatic heterocycles. The smallest absolute Gasteiger partial charge is 0.377 e. The van der Waals surface area contributed by atoms with Crippen LogP contribution in [0.5, 0.6) is 0 Å². The maximum atomic E-state index is 5.67. The van der Waals surface area contributed by atoms with Gasteiger partial charge in [0.1, 0.15) is 0 Å². The first kappa shape index (κ1) is 28.1. The van der Waals surface area contributed by atoms with Crippen LogP contribution in [0, 0.1) is 0 Å². The van der Waals surface area contributed by atoms with E-state index in [1.807, 2.05) is 20.8 Å². The van der Waals surface area contributed by atoms with Gasteiger partial charge in [0.25, 0.3) is 0 Å². The molecule has 0 heterocycles. The molecule has 154 valence electrons. The molecule has 0 aromatic rings. The second-order valence-corrected chi connectivity index (χ2v) is 11.6. The van der Waals surface area contributed by atoms with Crippen molar-refractivity contribution in [2.45, 2.75) is 45.7 Å². The van der Waals surface area contributed by atoms with Crippen molar-refractivity contribution in [1.82, 2.24) is 0 Å². The van der Waals surface area contributed by atoms with E-state index in [1.165, 1.54) is 0 Å². The van der Waals surface area contributed by atoms with Crippen LogP contribution in [0.4, 0.5) is 0 Å². The van der Waals surface area contributed by atoms with Crippen LogP contribution >= 0.6 is 25.3 Å². The summed E-state index contributed by atoms with van der Waals surface area (Å²) in [5.74, 6) is 1.69. The lowest BCUT2D eigenvalue weighted by atomic mass is 10.6. The van der Waals surface area contributed by atoms with Crippen LogP contribution in [0.15, 0.2) is 0 Å². The Morgan fingerprint density at radius 1 is 0.600 bits per heavy atom. The molecular formula is C15H38O6S2Si2. The fraction of sp³-hybridized carbons (Fsp3) is 1.00. The maximum Gasteiger partial charge on any atom is 0.500 e. The van der Waals surface area contributed by atoms with Gasteiger partial charge in [-0.3, -0.25) is 0 Å². The molecule has 10 heteroatoms. The third kappa shape index (κ3) is 12.8. The minimum Gasteiger partial charge on any atom is -0.377 e. The van der Waals surface area contributed by atoms with Gasteiger partial charge in [0.05, 0.1) is 0 Å². The third-order valence-corrected chi connectivity index (χ3v) is 9.92. The summed E-state index contributed by atoms with van der Waals surface area (Å²) in [7, 11) is 0.216. The van der Waals surface area contributed by atoms with E-state index in [9.17, 15) is 0 Å². The van der Waals surface area contributed by atoms with Crippen LogP contribution in [0.1, 0.15) is 33.6 Å². The van der Waals surface area contributed by atoms with Gasteiger partial charge in [-0.1, -0.05) is 0 Å². The zero-order valence-electron chi connectivity index (χ0n) is 16.7. The summed E-state index contributed by atoms with van der Waals surface area (Å²) in [6.07, 6.45) is 1.94. The Morgan fingerprint density at radius 2 is 0.920 bits per heavy atom. The van der Waals surface area contributed by atoms with Crippen LogP contribution in [0.25, 0.3) is 0 Å². The Bertz CT molecular complexity index is 261. The summed E-state index contributed by atoms with van der Waals surface area (Å²) >= 11 is 8.30. The molecular weight excluding hydrogens is 396 g/mol. The molecule has 0 aromatic heterocycles. The average molecular weight is 435 g/mol. The van der Waals surface area contributed by atoms with Crippen molar-refractivity contribution < 1.29 is 26.6 Å². The molecule has 0 atom stereocenters. The van der Waals surface area contributed by atoms with E-state index in [2.05, 4.69) is 25.3 Å². The normalized spacial score (nSPS) is 12.0. The molecule has 0 N–H and O–H groups in total. The molecule has 0 bridgehead atoms. The summed E-state index contributed by atoms with van der Waals surface area (Å²) in [5.41, 5.74) is 0. The minimum absolute atomic E-state index is 0.652. The monoisotopic (exact) mass is 434 g/mol. The molecule has 0 saturated heterocycles. The van der Waals surface area contributed by atoms with Gasteiger partial charge in [-0.05, 0) is 45.1 Å². The fourth-order valence-electron chi connectivity index (χ4n) is 2.15. The minimum atomic E-state index is -2.37. The second-order valence-electron chi connectivity index (χ2n) is 4.93. The van der Waals surface area contributed by atoms with E-state index in [0.29, 0.717) is 19.8 Å². The zero-order valence-corrected chi connectivity index (χ0v) is 20.5. The van der Waals surface area contributed by atoms with Crippen LogP contribution in [0.2, 0.25) is 12.1 Å². The predicted molar refractivity (Wildman–Crippen MR) is 114 cm³/mol. The van der Waals surface area contributed by atoms with Crippen molar-refractivity contribution >= 4 is 42.9 Å². The first-order chi connectivity index (χ1) is 12.0. The topological polar surface area (TPSA) is 55.4 Å². The first-order valence-corrected chi connectivity index (χ1v) is 13.9. The Kier molecular flexibility index (Phi) is 20.5. The molecule has 0 fully saturated rings. The van der Waals surface area contributed by atoms with Crippen LogP contribution in [-0.2, 0) is 26.6 Å². The molecule has 25 heavy (non-hydrogen) atoms. The van der Waals surface area contributed by atoms with Gasteiger partial charge in [0, 0.05) is 53.2 Å². The van der Waals surface area contributed by atoms with E-state index < -0.39 is 17.6 Å². The molecule has 0 amide bonds. The summed E-state index contributed by atoms with van der Waals surface area (Å²) in [5, 5.41) is 0. The van der Waals surface area contributed by atoms with E-state index in [0.717, 1.165) is 36.4 Å². The highest BCUT2D eigenvalue weighted by Gasteiger charge is 2.39. The van der Waals surface area contributed by atoms with Crippen LogP contribution in [-0.4, -0.2) is 70.3 Å². The lowest BCUT2D eigenvalue weighted by molar-refractivity contribution is 0.0712. The van der Waals surface area contributed by atoms with Gasteiger partial charge in [0.15, 0.2) is 0 Å². The van der Waals surface area contributed by atoms with E-state index in [-0.39, 0.29) is 0 Å². The first-order valence-electron chi connectivity index (χ1n) is 8.78. The summed E-state index contributed by atoms with van der Waals surface area (Å²) in [6.45, 7) is 7.87. The number of rotatable bonds is 15. The Morgan fingerprint density at radius 3 is 1.16 bits per heavy atom. The van der Waals surface area contributed by atoms with Gasteiger partial charge in [-0.15, -0.1) is 0 Å². The largest absolute Gasteiger partial charge is 0.500 e. The van der Waals surface area contributed by atoms with Crippen LogP contribution in [0.3, 0.4) is 0 Å². The molecule has 0 aliphatic rings. The molecule has 0 spiro atoms. The SMILES string of the molecule is CCO[Si](CCCS)(OCC)OCC.CO[Si](CCCS)(OC)OC. The van der Waals surface area contributed by atoms with Gasteiger partial charge >= 0.3 is 17.6 Å². The molecule has 0 unspecified atom stereocenters. The molecule has 0 rings (SSSR count). The Balaban J connectivity index is 0. The molecule has 0 radical (unpaired) electrons.